The van der Waals surface area contributed by atoms with E-state index in [-0.39, 0.29) is 29.2 Å². The third-order valence-electron chi connectivity index (χ3n) is 6.66. The Morgan fingerprint density at radius 3 is 2.72 bits per heavy atom. The maximum atomic E-state index is 12.8. The summed E-state index contributed by atoms with van der Waals surface area (Å²) in [5, 5.41) is 17.8. The van der Waals surface area contributed by atoms with Gasteiger partial charge in [0, 0.05) is 24.6 Å². The van der Waals surface area contributed by atoms with Gasteiger partial charge in [0.05, 0.1) is 17.0 Å². The van der Waals surface area contributed by atoms with Gasteiger partial charge >= 0.3 is 5.63 Å². The number of para-hydroxylation sites is 1. The van der Waals surface area contributed by atoms with Crippen molar-refractivity contribution in [1.29, 1.82) is 0 Å². The van der Waals surface area contributed by atoms with E-state index in [9.17, 15) is 14.7 Å². The van der Waals surface area contributed by atoms with Crippen LogP contribution in [0.5, 0.6) is 5.75 Å². The Morgan fingerprint density at radius 1 is 1.06 bits per heavy atom. The van der Waals surface area contributed by atoms with Crippen LogP contribution in [-0.2, 0) is 4.79 Å². The van der Waals surface area contributed by atoms with Crippen molar-refractivity contribution in [3.63, 3.8) is 0 Å². The second-order valence-electron chi connectivity index (χ2n) is 8.95. The van der Waals surface area contributed by atoms with E-state index in [1.807, 2.05) is 43.3 Å². The summed E-state index contributed by atoms with van der Waals surface area (Å²) in [6.07, 6.45) is 5.10. The maximum Gasteiger partial charge on any atom is 0.343 e. The summed E-state index contributed by atoms with van der Waals surface area (Å²) < 4.78 is 5.48. The number of benzene rings is 3. The van der Waals surface area contributed by atoms with Crippen LogP contribution in [0.15, 0.2) is 88.1 Å². The molecule has 1 amide bonds. The predicted molar refractivity (Wildman–Crippen MR) is 142 cm³/mol. The number of nitrogens with one attached hydrogen (secondary N) is 2. The van der Waals surface area contributed by atoms with E-state index >= 15 is 0 Å². The molecule has 0 fully saturated rings. The van der Waals surface area contributed by atoms with Crippen molar-refractivity contribution in [2.24, 2.45) is 0 Å². The van der Waals surface area contributed by atoms with Crippen LogP contribution in [0.3, 0.4) is 0 Å². The number of hydrogen-bond acceptors (Lipinski definition) is 5. The zero-order chi connectivity index (χ0) is 25.1. The number of amides is 1. The van der Waals surface area contributed by atoms with Gasteiger partial charge in [-0.2, -0.15) is 0 Å². The first kappa shape index (κ1) is 23.6. The Labute approximate surface area is 209 Å². The first-order chi connectivity index (χ1) is 17.5. The lowest BCUT2D eigenvalue weighted by Gasteiger charge is -2.18. The molecule has 182 valence electrons. The van der Waals surface area contributed by atoms with Gasteiger partial charge < -0.3 is 20.2 Å². The molecule has 0 spiro atoms. The molecular formula is C30H28N2O4. The van der Waals surface area contributed by atoms with Gasteiger partial charge in [0.2, 0.25) is 5.91 Å². The Hall–Kier alpha value is -4.16. The normalized spacial score (nSPS) is 15.1. The summed E-state index contributed by atoms with van der Waals surface area (Å²) in [5.41, 5.74) is 3.91. The molecule has 1 aliphatic rings. The highest BCUT2D eigenvalue weighted by Gasteiger charge is 2.24. The molecule has 0 aliphatic heterocycles. The molecule has 0 bridgehead atoms. The van der Waals surface area contributed by atoms with E-state index in [1.54, 1.807) is 24.3 Å². The second-order valence-corrected chi connectivity index (χ2v) is 8.95. The number of carbonyl (C=O) groups is 1. The molecule has 2 atom stereocenters. The molecule has 1 aliphatic carbocycles. The van der Waals surface area contributed by atoms with Crippen LogP contribution in [0.25, 0.3) is 17.0 Å². The van der Waals surface area contributed by atoms with E-state index in [0.29, 0.717) is 36.0 Å². The van der Waals surface area contributed by atoms with Crippen molar-refractivity contribution in [2.45, 2.75) is 31.7 Å². The number of aromatic hydroxyl groups is 1. The van der Waals surface area contributed by atoms with E-state index < -0.39 is 5.63 Å². The van der Waals surface area contributed by atoms with Crippen molar-refractivity contribution in [3.05, 3.63) is 112 Å². The number of fused-ring (bicyclic) bond motifs is 2. The molecule has 6 heteroatoms. The van der Waals surface area contributed by atoms with E-state index in [1.165, 1.54) is 11.1 Å². The lowest BCUT2D eigenvalue weighted by atomic mass is 9.88. The highest BCUT2D eigenvalue weighted by molar-refractivity contribution is 5.91. The zero-order valence-electron chi connectivity index (χ0n) is 20.0. The predicted octanol–water partition coefficient (Wildman–Crippen LogP) is 5.73. The van der Waals surface area contributed by atoms with Crippen molar-refractivity contribution in [3.8, 4) is 5.75 Å². The van der Waals surface area contributed by atoms with Crippen LogP contribution in [0.4, 0.5) is 5.69 Å². The van der Waals surface area contributed by atoms with Crippen LogP contribution < -0.4 is 16.3 Å². The Balaban J connectivity index is 1.27. The third-order valence-corrected chi connectivity index (χ3v) is 6.66. The van der Waals surface area contributed by atoms with Gasteiger partial charge in [0.25, 0.3) is 0 Å². The van der Waals surface area contributed by atoms with Gasteiger partial charge in [-0.05, 0) is 47.4 Å². The molecule has 1 heterocycles. The van der Waals surface area contributed by atoms with Crippen LogP contribution in [-0.4, -0.2) is 17.6 Å². The molecule has 3 aromatic carbocycles. The molecule has 0 saturated heterocycles. The molecular weight excluding hydrogens is 452 g/mol. The topological polar surface area (TPSA) is 91.6 Å². The first-order valence-corrected chi connectivity index (χ1v) is 12.2. The van der Waals surface area contributed by atoms with E-state index in [0.717, 1.165) is 5.56 Å². The molecule has 0 saturated carbocycles. The van der Waals surface area contributed by atoms with Crippen molar-refractivity contribution in [2.75, 3.05) is 11.9 Å². The molecule has 6 nitrogen and oxygen atoms in total. The van der Waals surface area contributed by atoms with Gasteiger partial charge in [0.1, 0.15) is 11.3 Å². The fraction of sp³-hybridized carbons (Fsp3) is 0.200. The maximum absolute atomic E-state index is 12.8. The van der Waals surface area contributed by atoms with Crippen molar-refractivity contribution >= 4 is 28.6 Å². The van der Waals surface area contributed by atoms with E-state index in [4.69, 9.17) is 4.42 Å². The van der Waals surface area contributed by atoms with Gasteiger partial charge in [-0.3, -0.25) is 4.79 Å². The minimum absolute atomic E-state index is 0.0586. The minimum atomic E-state index is -0.555. The number of anilines is 1. The largest absolute Gasteiger partial charge is 0.507 e. The molecule has 3 N–H and O–H groups in total. The number of carbonyl (C=O) groups excluding carboxylic acids is 1. The molecule has 0 radical (unpaired) electrons. The van der Waals surface area contributed by atoms with Crippen molar-refractivity contribution < 1.29 is 14.3 Å². The number of hydrogen-bond donors (Lipinski definition) is 3. The first-order valence-electron chi connectivity index (χ1n) is 12.2. The van der Waals surface area contributed by atoms with Gasteiger partial charge in [-0.25, -0.2) is 4.79 Å². The lowest BCUT2D eigenvalue weighted by Crippen LogP contribution is -2.24. The molecule has 1 aromatic heterocycles. The Morgan fingerprint density at radius 2 is 1.86 bits per heavy atom. The average Bonchev–Trinajstić information content (AvgIpc) is 3.30. The molecule has 36 heavy (non-hydrogen) atoms. The van der Waals surface area contributed by atoms with Crippen LogP contribution in [0, 0.1) is 0 Å². The molecule has 2 unspecified atom stereocenters. The van der Waals surface area contributed by atoms with Gasteiger partial charge in [-0.1, -0.05) is 67.6 Å². The second kappa shape index (κ2) is 10.2. The fourth-order valence-electron chi connectivity index (χ4n) is 4.89. The van der Waals surface area contributed by atoms with E-state index in [2.05, 4.69) is 34.9 Å². The summed E-state index contributed by atoms with van der Waals surface area (Å²) in [4.78, 5) is 25.4. The standard InChI is InChI=1S/C30H28N2O4/c1-2-22(28-29(34)24-12-5-6-13-26(24)36-30(28)35)20-9-7-10-21(18-20)32-27(33)16-17-31-25-15-14-19-8-3-4-11-23(19)25/h3-15,18,22,25,31,34H,2,16-17H2,1H3,(H,32,33). The van der Waals surface area contributed by atoms with Crippen LogP contribution >= 0.6 is 0 Å². The molecule has 4 aromatic rings. The summed E-state index contributed by atoms with van der Waals surface area (Å²) in [5.74, 6) is -0.536. The summed E-state index contributed by atoms with van der Waals surface area (Å²) >= 11 is 0. The van der Waals surface area contributed by atoms with Crippen molar-refractivity contribution in [1.82, 2.24) is 5.32 Å². The van der Waals surface area contributed by atoms with Crippen LogP contribution in [0.1, 0.15) is 54.0 Å². The monoisotopic (exact) mass is 480 g/mol. The quantitative estimate of drug-likeness (QED) is 0.280. The summed E-state index contributed by atoms with van der Waals surface area (Å²) in [6, 6.07) is 22.7. The molecule has 5 rings (SSSR count). The Kier molecular flexibility index (Phi) is 6.69. The third kappa shape index (κ3) is 4.68. The highest BCUT2D eigenvalue weighted by atomic mass is 16.4. The lowest BCUT2D eigenvalue weighted by molar-refractivity contribution is -0.116. The SMILES string of the molecule is CCC(c1cccc(NC(=O)CCNC2C=Cc3ccccc32)c1)c1c(O)c2ccccc2oc1=O. The highest BCUT2D eigenvalue weighted by Crippen LogP contribution is 2.36. The Bertz CT molecular complexity index is 1500. The smallest absolute Gasteiger partial charge is 0.343 e. The zero-order valence-corrected chi connectivity index (χ0v) is 20.0. The average molecular weight is 481 g/mol. The van der Waals surface area contributed by atoms with Crippen LogP contribution in [0.2, 0.25) is 0 Å². The summed E-state index contributed by atoms with van der Waals surface area (Å²) in [6.45, 7) is 2.49. The summed E-state index contributed by atoms with van der Waals surface area (Å²) in [7, 11) is 0. The fourth-order valence-corrected chi connectivity index (χ4v) is 4.89. The number of rotatable bonds is 8. The van der Waals surface area contributed by atoms with Gasteiger partial charge in [0.15, 0.2) is 0 Å². The van der Waals surface area contributed by atoms with Gasteiger partial charge in [-0.15, -0.1) is 0 Å². The minimum Gasteiger partial charge on any atom is -0.507 e.